The van der Waals surface area contributed by atoms with Gasteiger partial charge in [-0.25, -0.2) is 4.39 Å². The molecule has 1 aromatic carbocycles. The molecule has 2 N–H and O–H groups in total. The summed E-state index contributed by atoms with van der Waals surface area (Å²) in [5, 5.41) is 0. The number of amides is 1. The van der Waals surface area contributed by atoms with E-state index in [4.69, 9.17) is 5.73 Å². The Morgan fingerprint density at radius 3 is 2.65 bits per heavy atom. The first-order valence-corrected chi connectivity index (χ1v) is 6.00. The molecule has 0 fully saturated rings. The molecule has 17 heavy (non-hydrogen) atoms. The lowest BCUT2D eigenvalue weighted by Crippen LogP contribution is -2.40. The molecular formula is C12H16BrFN2O. The first-order chi connectivity index (χ1) is 7.70. The van der Waals surface area contributed by atoms with Gasteiger partial charge in [0.05, 0.1) is 5.69 Å². The van der Waals surface area contributed by atoms with Crippen LogP contribution < -0.4 is 10.6 Å². The molecular weight excluding hydrogens is 287 g/mol. The minimum Gasteiger partial charge on any atom is -0.325 e. The van der Waals surface area contributed by atoms with E-state index in [-0.39, 0.29) is 18.0 Å². The van der Waals surface area contributed by atoms with E-state index in [2.05, 4.69) is 15.9 Å². The molecule has 0 aliphatic carbocycles. The van der Waals surface area contributed by atoms with E-state index in [1.54, 1.807) is 33.0 Å². The number of benzene rings is 1. The molecule has 0 unspecified atom stereocenters. The van der Waals surface area contributed by atoms with Crippen LogP contribution in [0.3, 0.4) is 0 Å². The maximum Gasteiger partial charge on any atom is 0.228 e. The molecule has 1 rings (SSSR count). The van der Waals surface area contributed by atoms with Crippen molar-refractivity contribution in [2.75, 3.05) is 11.9 Å². The highest BCUT2D eigenvalue weighted by atomic mass is 79.9. The fourth-order valence-electron chi connectivity index (χ4n) is 1.39. The molecule has 0 aliphatic heterocycles. The number of carbonyl (C=O) groups excluding carboxylic acids is 1. The average Bonchev–Trinajstić information content (AvgIpc) is 2.18. The highest BCUT2D eigenvalue weighted by Crippen LogP contribution is 2.24. The lowest BCUT2D eigenvalue weighted by atomic mass is 10.0. The molecule has 0 aliphatic rings. The van der Waals surface area contributed by atoms with Crippen LogP contribution in [-0.2, 0) is 4.79 Å². The fourth-order valence-corrected chi connectivity index (χ4v) is 1.73. The van der Waals surface area contributed by atoms with Crippen molar-refractivity contribution in [3.05, 3.63) is 28.5 Å². The largest absolute Gasteiger partial charge is 0.325 e. The predicted molar refractivity (Wildman–Crippen MR) is 70.4 cm³/mol. The van der Waals surface area contributed by atoms with Crippen molar-refractivity contribution in [3.63, 3.8) is 0 Å². The van der Waals surface area contributed by atoms with Crippen LogP contribution >= 0.6 is 15.9 Å². The number of halogens is 2. The van der Waals surface area contributed by atoms with Crippen molar-refractivity contribution in [1.29, 1.82) is 0 Å². The topological polar surface area (TPSA) is 46.3 Å². The third kappa shape index (κ3) is 4.09. The fraction of sp³-hybridized carbons (Fsp3) is 0.417. The summed E-state index contributed by atoms with van der Waals surface area (Å²) in [7, 11) is 1.54. The molecule has 3 nitrogen and oxygen atoms in total. The lowest BCUT2D eigenvalue weighted by Gasteiger charge is -2.23. The van der Waals surface area contributed by atoms with E-state index in [0.717, 1.165) is 4.47 Å². The summed E-state index contributed by atoms with van der Waals surface area (Å²) in [5.41, 5.74) is 5.41. The van der Waals surface area contributed by atoms with Crippen molar-refractivity contribution in [2.24, 2.45) is 5.73 Å². The summed E-state index contributed by atoms with van der Waals surface area (Å²) in [6.07, 6.45) is 0.162. The summed E-state index contributed by atoms with van der Waals surface area (Å²) in [6.45, 7) is 3.52. The third-order valence-corrected chi connectivity index (χ3v) is 2.74. The number of carbonyl (C=O) groups is 1. The molecule has 0 saturated heterocycles. The maximum atomic E-state index is 13.6. The first kappa shape index (κ1) is 14.1. The summed E-state index contributed by atoms with van der Waals surface area (Å²) in [4.78, 5) is 13.2. The van der Waals surface area contributed by atoms with Gasteiger partial charge in [-0.15, -0.1) is 0 Å². The van der Waals surface area contributed by atoms with Gasteiger partial charge in [-0.05, 0) is 32.0 Å². The zero-order valence-corrected chi connectivity index (χ0v) is 11.7. The Morgan fingerprint density at radius 1 is 1.53 bits per heavy atom. The van der Waals surface area contributed by atoms with E-state index >= 15 is 0 Å². The Labute approximate surface area is 109 Å². The highest BCUT2D eigenvalue weighted by molar-refractivity contribution is 9.10. The van der Waals surface area contributed by atoms with Crippen LogP contribution in [0.4, 0.5) is 10.1 Å². The smallest absolute Gasteiger partial charge is 0.228 e. The van der Waals surface area contributed by atoms with Gasteiger partial charge in [0.15, 0.2) is 0 Å². The second kappa shape index (κ2) is 5.14. The normalized spacial score (nSPS) is 11.4. The molecule has 0 saturated carbocycles. The van der Waals surface area contributed by atoms with Crippen LogP contribution in [0.15, 0.2) is 22.7 Å². The number of hydrogen-bond acceptors (Lipinski definition) is 2. The Morgan fingerprint density at radius 2 is 2.12 bits per heavy atom. The first-order valence-electron chi connectivity index (χ1n) is 5.21. The van der Waals surface area contributed by atoms with Crippen molar-refractivity contribution >= 4 is 27.5 Å². The number of nitrogens with zero attached hydrogens (tertiary/aromatic N) is 1. The molecule has 94 valence electrons. The maximum absolute atomic E-state index is 13.6. The molecule has 1 aromatic rings. The zero-order chi connectivity index (χ0) is 13.2. The molecule has 0 aromatic heterocycles. The van der Waals surface area contributed by atoms with Crippen molar-refractivity contribution < 1.29 is 9.18 Å². The Kier molecular flexibility index (Phi) is 4.27. The van der Waals surface area contributed by atoms with Crippen LogP contribution in [0.2, 0.25) is 0 Å². The Balaban J connectivity index is 2.92. The van der Waals surface area contributed by atoms with E-state index < -0.39 is 11.4 Å². The van der Waals surface area contributed by atoms with Crippen LogP contribution in [0.5, 0.6) is 0 Å². The Hall–Kier alpha value is -0.940. The molecule has 0 bridgehead atoms. The third-order valence-electron chi connectivity index (χ3n) is 2.25. The molecule has 0 atom stereocenters. The SMILES string of the molecule is CN(C(=O)CC(C)(C)N)c1cc(Br)ccc1F. The number of hydrogen-bond donors (Lipinski definition) is 1. The lowest BCUT2D eigenvalue weighted by molar-refractivity contribution is -0.119. The predicted octanol–water partition coefficient (Wildman–Crippen LogP) is 2.68. The van der Waals surface area contributed by atoms with Gasteiger partial charge in [-0.1, -0.05) is 15.9 Å². The molecule has 0 radical (unpaired) electrons. The van der Waals surface area contributed by atoms with Crippen molar-refractivity contribution in [2.45, 2.75) is 25.8 Å². The van der Waals surface area contributed by atoms with Crippen molar-refractivity contribution in [3.8, 4) is 0 Å². The minimum absolute atomic E-state index is 0.162. The summed E-state index contributed by atoms with van der Waals surface area (Å²) in [5.74, 6) is -0.645. The molecule has 0 spiro atoms. The summed E-state index contributed by atoms with van der Waals surface area (Å²) in [6, 6.07) is 4.47. The standard InChI is InChI=1S/C12H16BrFN2O/c1-12(2,15)7-11(17)16(3)10-6-8(13)4-5-9(10)14/h4-6H,7,15H2,1-3H3. The molecule has 5 heteroatoms. The van der Waals surface area contributed by atoms with Crippen molar-refractivity contribution in [1.82, 2.24) is 0 Å². The van der Waals surface area contributed by atoms with Gasteiger partial charge in [0, 0.05) is 23.5 Å². The van der Waals surface area contributed by atoms with E-state index in [1.807, 2.05) is 0 Å². The van der Waals surface area contributed by atoms with Gasteiger partial charge in [0.1, 0.15) is 5.82 Å². The summed E-state index contributed by atoms with van der Waals surface area (Å²) < 4.78 is 14.3. The van der Waals surface area contributed by atoms with Crippen LogP contribution in [0.25, 0.3) is 0 Å². The Bertz CT molecular complexity index is 429. The molecule has 0 heterocycles. The summed E-state index contributed by atoms with van der Waals surface area (Å²) >= 11 is 3.25. The number of rotatable bonds is 3. The van der Waals surface area contributed by atoms with Crippen LogP contribution in [0, 0.1) is 5.82 Å². The van der Waals surface area contributed by atoms with Gasteiger partial charge in [0.2, 0.25) is 5.91 Å². The molecule has 1 amide bonds. The average molecular weight is 303 g/mol. The van der Waals surface area contributed by atoms with E-state index in [0.29, 0.717) is 0 Å². The van der Waals surface area contributed by atoms with Gasteiger partial charge in [-0.2, -0.15) is 0 Å². The number of anilines is 1. The highest BCUT2D eigenvalue weighted by Gasteiger charge is 2.21. The van der Waals surface area contributed by atoms with E-state index in [9.17, 15) is 9.18 Å². The van der Waals surface area contributed by atoms with Gasteiger partial charge in [-0.3, -0.25) is 4.79 Å². The second-order valence-corrected chi connectivity index (χ2v) is 5.63. The second-order valence-electron chi connectivity index (χ2n) is 4.71. The zero-order valence-electron chi connectivity index (χ0n) is 10.1. The van der Waals surface area contributed by atoms with Gasteiger partial charge >= 0.3 is 0 Å². The monoisotopic (exact) mass is 302 g/mol. The minimum atomic E-state index is -0.603. The van der Waals surface area contributed by atoms with Crippen LogP contribution in [0.1, 0.15) is 20.3 Å². The number of nitrogens with two attached hydrogens (primary N) is 1. The van der Waals surface area contributed by atoms with Gasteiger partial charge in [0.25, 0.3) is 0 Å². The van der Waals surface area contributed by atoms with Gasteiger partial charge < -0.3 is 10.6 Å². The van der Waals surface area contributed by atoms with Crippen LogP contribution in [-0.4, -0.2) is 18.5 Å². The van der Waals surface area contributed by atoms with E-state index in [1.165, 1.54) is 11.0 Å². The quantitative estimate of drug-likeness (QED) is 0.933.